The van der Waals surface area contributed by atoms with Gasteiger partial charge in [0.25, 0.3) is 5.56 Å². The highest BCUT2D eigenvalue weighted by Crippen LogP contribution is 2.15. The van der Waals surface area contributed by atoms with E-state index in [9.17, 15) is 9.59 Å². The van der Waals surface area contributed by atoms with Gasteiger partial charge in [0.15, 0.2) is 11.2 Å². The van der Waals surface area contributed by atoms with Gasteiger partial charge in [-0.15, -0.1) is 0 Å². The van der Waals surface area contributed by atoms with Gasteiger partial charge < -0.3 is 10.3 Å². The van der Waals surface area contributed by atoms with Crippen molar-refractivity contribution in [3.8, 4) is 0 Å². The van der Waals surface area contributed by atoms with Crippen LogP contribution in [0.2, 0.25) is 0 Å². The number of aryl methyl sites for hydroxylation is 2. The van der Waals surface area contributed by atoms with E-state index in [0.29, 0.717) is 17.7 Å². The van der Waals surface area contributed by atoms with Gasteiger partial charge in [0.1, 0.15) is 5.82 Å². The van der Waals surface area contributed by atoms with Crippen molar-refractivity contribution in [1.29, 1.82) is 0 Å². The minimum Gasteiger partial charge on any atom is -0.328 e. The number of rotatable bonds is 4. The molecule has 2 aromatic heterocycles. The van der Waals surface area contributed by atoms with E-state index < -0.39 is 0 Å². The summed E-state index contributed by atoms with van der Waals surface area (Å²) < 4.78 is 4.66. The van der Waals surface area contributed by atoms with E-state index in [-0.39, 0.29) is 29.9 Å². The molecule has 7 heteroatoms. The Kier molecular flexibility index (Phi) is 4.04. The zero-order valence-corrected chi connectivity index (χ0v) is 13.3. The number of imidazole rings is 1. The zero-order valence-electron chi connectivity index (χ0n) is 13.3. The fourth-order valence-corrected chi connectivity index (χ4v) is 2.68. The molecule has 116 valence electrons. The third-order valence-corrected chi connectivity index (χ3v) is 3.82. The van der Waals surface area contributed by atoms with Gasteiger partial charge in [0.2, 0.25) is 0 Å². The molecule has 2 rings (SSSR count). The van der Waals surface area contributed by atoms with E-state index >= 15 is 0 Å². The number of nitrogens with two attached hydrogens (primary N) is 1. The molecule has 0 amide bonds. The second-order valence-corrected chi connectivity index (χ2v) is 5.58. The lowest BCUT2D eigenvalue weighted by atomic mass is 10.3. The Morgan fingerprint density at radius 3 is 2.29 bits per heavy atom. The van der Waals surface area contributed by atoms with Crippen LogP contribution in [0.5, 0.6) is 0 Å². The number of hydrogen-bond donors (Lipinski definition) is 1. The summed E-state index contributed by atoms with van der Waals surface area (Å²) in [4.78, 5) is 29.9. The summed E-state index contributed by atoms with van der Waals surface area (Å²) in [7, 11) is 0. The van der Waals surface area contributed by atoms with Crippen LogP contribution in [-0.2, 0) is 6.54 Å². The molecule has 0 aliphatic rings. The van der Waals surface area contributed by atoms with Crippen molar-refractivity contribution in [3.63, 3.8) is 0 Å². The standard InChI is InChI=1S/C14H23N5O2/c1-6-17-10(5)16-12-11(17)13(20)19(9(4)7-15)14(21)18(12)8(2)3/h8-9H,6-7,15H2,1-5H3. The van der Waals surface area contributed by atoms with Crippen molar-refractivity contribution in [2.45, 2.75) is 53.2 Å². The Morgan fingerprint density at radius 2 is 1.81 bits per heavy atom. The monoisotopic (exact) mass is 293 g/mol. The largest absolute Gasteiger partial charge is 0.333 e. The average Bonchev–Trinajstić information content (AvgIpc) is 2.74. The van der Waals surface area contributed by atoms with Gasteiger partial charge in [-0.3, -0.25) is 13.9 Å². The molecule has 0 saturated heterocycles. The van der Waals surface area contributed by atoms with Crippen LogP contribution in [-0.4, -0.2) is 25.2 Å². The summed E-state index contributed by atoms with van der Waals surface area (Å²) >= 11 is 0. The van der Waals surface area contributed by atoms with Gasteiger partial charge in [-0.1, -0.05) is 0 Å². The van der Waals surface area contributed by atoms with Crippen LogP contribution in [0.25, 0.3) is 11.2 Å². The Balaban J connectivity index is 3.08. The predicted octanol–water partition coefficient (Wildman–Crippen LogP) is 0.789. The van der Waals surface area contributed by atoms with Crippen molar-refractivity contribution < 1.29 is 0 Å². The number of hydrogen-bond acceptors (Lipinski definition) is 4. The highest BCUT2D eigenvalue weighted by molar-refractivity contribution is 5.71. The van der Waals surface area contributed by atoms with Gasteiger partial charge in [-0.25, -0.2) is 9.78 Å². The summed E-state index contributed by atoms with van der Waals surface area (Å²) in [5.41, 5.74) is 5.93. The molecule has 1 atom stereocenters. The number of nitrogens with zero attached hydrogens (tertiary/aromatic N) is 4. The van der Waals surface area contributed by atoms with E-state index in [1.54, 1.807) is 11.5 Å². The first kappa shape index (κ1) is 15.5. The minimum atomic E-state index is -0.347. The molecule has 0 fully saturated rings. The van der Waals surface area contributed by atoms with Crippen molar-refractivity contribution in [2.24, 2.45) is 5.73 Å². The Bertz CT molecular complexity index is 781. The maximum Gasteiger partial charge on any atom is 0.333 e. The maximum absolute atomic E-state index is 12.8. The van der Waals surface area contributed by atoms with Crippen LogP contribution in [0.4, 0.5) is 0 Å². The topological polar surface area (TPSA) is 87.8 Å². The summed E-state index contributed by atoms with van der Waals surface area (Å²) in [6, 6.07) is -0.434. The molecule has 0 radical (unpaired) electrons. The lowest BCUT2D eigenvalue weighted by Crippen LogP contribution is -2.44. The van der Waals surface area contributed by atoms with Crippen LogP contribution in [0.15, 0.2) is 9.59 Å². The lowest BCUT2D eigenvalue weighted by Gasteiger charge is -2.18. The molecular formula is C14H23N5O2. The van der Waals surface area contributed by atoms with Crippen molar-refractivity contribution >= 4 is 11.2 Å². The van der Waals surface area contributed by atoms with Crippen LogP contribution in [0, 0.1) is 6.92 Å². The van der Waals surface area contributed by atoms with Crippen molar-refractivity contribution in [1.82, 2.24) is 18.7 Å². The molecule has 0 aromatic carbocycles. The molecule has 0 saturated carbocycles. The first-order valence-corrected chi connectivity index (χ1v) is 7.29. The smallest absolute Gasteiger partial charge is 0.328 e. The molecule has 0 spiro atoms. The van der Waals surface area contributed by atoms with Gasteiger partial charge in [0.05, 0.1) is 6.04 Å². The molecule has 21 heavy (non-hydrogen) atoms. The molecule has 1 unspecified atom stereocenters. The highest BCUT2D eigenvalue weighted by Gasteiger charge is 2.22. The first-order valence-electron chi connectivity index (χ1n) is 7.29. The quantitative estimate of drug-likeness (QED) is 0.902. The molecular weight excluding hydrogens is 270 g/mol. The van der Waals surface area contributed by atoms with E-state index in [1.165, 1.54) is 4.57 Å². The number of aromatic nitrogens is 4. The fraction of sp³-hybridized carbons (Fsp3) is 0.643. The van der Waals surface area contributed by atoms with Gasteiger partial charge in [0, 0.05) is 19.1 Å². The van der Waals surface area contributed by atoms with E-state index in [2.05, 4.69) is 4.98 Å². The van der Waals surface area contributed by atoms with Crippen molar-refractivity contribution in [2.75, 3.05) is 6.54 Å². The second kappa shape index (κ2) is 5.48. The molecule has 2 N–H and O–H groups in total. The normalized spacial score (nSPS) is 13.3. The summed E-state index contributed by atoms with van der Waals surface area (Å²) in [6.45, 7) is 10.2. The molecule has 0 aliphatic carbocycles. The highest BCUT2D eigenvalue weighted by atomic mass is 16.2. The molecule has 7 nitrogen and oxygen atoms in total. The fourth-order valence-electron chi connectivity index (χ4n) is 2.68. The Labute approximate surface area is 123 Å². The number of fused-ring (bicyclic) bond motifs is 1. The summed E-state index contributed by atoms with van der Waals surface area (Å²) in [5, 5.41) is 0. The van der Waals surface area contributed by atoms with Crippen LogP contribution < -0.4 is 17.0 Å². The second-order valence-electron chi connectivity index (χ2n) is 5.58. The van der Waals surface area contributed by atoms with E-state index in [1.807, 2.05) is 32.3 Å². The maximum atomic E-state index is 12.8. The third kappa shape index (κ3) is 2.21. The van der Waals surface area contributed by atoms with Crippen LogP contribution in [0.3, 0.4) is 0 Å². The lowest BCUT2D eigenvalue weighted by molar-refractivity contribution is 0.468. The van der Waals surface area contributed by atoms with Gasteiger partial charge in [-0.2, -0.15) is 0 Å². The van der Waals surface area contributed by atoms with Gasteiger partial charge in [-0.05, 0) is 34.6 Å². The average molecular weight is 293 g/mol. The molecule has 2 aromatic rings. The van der Waals surface area contributed by atoms with E-state index in [0.717, 1.165) is 5.82 Å². The third-order valence-electron chi connectivity index (χ3n) is 3.82. The first-order chi connectivity index (χ1) is 9.84. The van der Waals surface area contributed by atoms with Gasteiger partial charge >= 0.3 is 5.69 Å². The van der Waals surface area contributed by atoms with Crippen LogP contribution in [0.1, 0.15) is 45.6 Å². The van der Waals surface area contributed by atoms with Crippen molar-refractivity contribution in [3.05, 3.63) is 26.7 Å². The molecule has 0 bridgehead atoms. The predicted molar refractivity (Wildman–Crippen MR) is 82.8 cm³/mol. The SMILES string of the molecule is CCn1c(C)nc2c1c(=O)n(C(C)CN)c(=O)n2C(C)C. The molecule has 2 heterocycles. The molecule has 0 aliphatic heterocycles. The minimum absolute atomic E-state index is 0.0866. The Hall–Kier alpha value is -1.89. The zero-order chi connectivity index (χ0) is 15.9. The van der Waals surface area contributed by atoms with Crippen LogP contribution >= 0.6 is 0 Å². The Morgan fingerprint density at radius 1 is 1.19 bits per heavy atom. The van der Waals surface area contributed by atoms with E-state index in [4.69, 9.17) is 5.73 Å². The summed E-state index contributed by atoms with van der Waals surface area (Å²) in [5.74, 6) is 0.733. The summed E-state index contributed by atoms with van der Waals surface area (Å²) in [6.07, 6.45) is 0.